The summed E-state index contributed by atoms with van der Waals surface area (Å²) >= 11 is 0. The van der Waals surface area contributed by atoms with Crippen LogP contribution >= 0.6 is 0 Å². The number of aromatic nitrogens is 1. The zero-order chi connectivity index (χ0) is 28.4. The molecule has 1 heterocycles. The highest BCUT2D eigenvalue weighted by molar-refractivity contribution is 5.94. The number of nitrogens with zero attached hydrogens (tertiary/aromatic N) is 1. The van der Waals surface area contributed by atoms with E-state index in [4.69, 9.17) is 9.47 Å². The topological polar surface area (TPSA) is 117 Å². The Morgan fingerprint density at radius 1 is 1.03 bits per heavy atom. The standard InChI is InChI=1S/C30H38N4O5/c1-21(19-34(37)20-38-30(2,3)4)23-9-7-10-24(17-23)28(35)33-14-12-22-8-6-11-25(16-22)39-26-13-15-32-27(18-26)29(36)31-5/h6-11,13,15-18,21,34H,12,14,19-20H2,1-5H3,(H,31,36)(H,33,35). The van der Waals surface area contributed by atoms with E-state index < -0.39 is 0 Å². The van der Waals surface area contributed by atoms with Crippen LogP contribution in [-0.4, -0.2) is 49.3 Å². The molecule has 0 aliphatic rings. The second-order valence-corrected chi connectivity index (χ2v) is 10.4. The molecular weight excluding hydrogens is 496 g/mol. The SMILES string of the molecule is CNC(=O)c1cc(Oc2cccc(CCNC(=O)c3cccc(C(C)C[NH+]([O-])COC(C)(C)C)c3)c2)ccn1. The summed E-state index contributed by atoms with van der Waals surface area (Å²) in [6, 6.07) is 18.2. The summed E-state index contributed by atoms with van der Waals surface area (Å²) in [5, 5.41) is 17.9. The molecule has 3 N–H and O–H groups in total. The van der Waals surface area contributed by atoms with Gasteiger partial charge in [-0.3, -0.25) is 14.6 Å². The Kier molecular flexibility index (Phi) is 10.6. The second kappa shape index (κ2) is 13.8. The van der Waals surface area contributed by atoms with E-state index in [-0.39, 0.29) is 40.8 Å². The quantitative estimate of drug-likeness (QED) is 0.242. The number of ether oxygens (including phenoxy) is 2. The first-order valence-corrected chi connectivity index (χ1v) is 13.0. The first kappa shape index (κ1) is 29.8. The van der Waals surface area contributed by atoms with Crippen LogP contribution in [0.3, 0.4) is 0 Å². The van der Waals surface area contributed by atoms with Crippen LogP contribution in [0.1, 0.15) is 65.6 Å². The summed E-state index contributed by atoms with van der Waals surface area (Å²) in [4.78, 5) is 28.7. The molecule has 2 unspecified atom stereocenters. The Balaban J connectivity index is 1.52. The lowest BCUT2D eigenvalue weighted by molar-refractivity contribution is -0.873. The molecule has 0 radical (unpaired) electrons. The van der Waals surface area contributed by atoms with Gasteiger partial charge >= 0.3 is 0 Å². The van der Waals surface area contributed by atoms with E-state index in [0.717, 1.165) is 11.1 Å². The molecule has 9 heteroatoms. The molecule has 208 valence electrons. The van der Waals surface area contributed by atoms with Gasteiger partial charge in [0.25, 0.3) is 11.8 Å². The smallest absolute Gasteiger partial charge is 0.269 e. The Labute approximate surface area is 230 Å². The predicted molar refractivity (Wildman–Crippen MR) is 150 cm³/mol. The Morgan fingerprint density at radius 2 is 1.77 bits per heavy atom. The number of carbonyl (C=O) groups is 2. The molecule has 0 bridgehead atoms. The van der Waals surface area contributed by atoms with Gasteiger partial charge < -0.3 is 30.4 Å². The van der Waals surface area contributed by atoms with Crippen LogP contribution in [-0.2, 0) is 11.2 Å². The van der Waals surface area contributed by atoms with Crippen molar-refractivity contribution in [2.24, 2.45) is 0 Å². The Hall–Kier alpha value is -3.79. The van der Waals surface area contributed by atoms with E-state index in [9.17, 15) is 14.8 Å². The van der Waals surface area contributed by atoms with Gasteiger partial charge in [0.05, 0.1) is 12.1 Å². The van der Waals surface area contributed by atoms with Crippen molar-refractivity contribution in [3.05, 3.63) is 94.5 Å². The van der Waals surface area contributed by atoms with Crippen LogP contribution in [0, 0.1) is 5.21 Å². The van der Waals surface area contributed by atoms with Gasteiger partial charge in [0.15, 0.2) is 6.73 Å². The molecule has 3 rings (SSSR count). The summed E-state index contributed by atoms with van der Waals surface area (Å²) in [7, 11) is 1.55. The van der Waals surface area contributed by atoms with Gasteiger partial charge in [0.2, 0.25) is 0 Å². The number of hydroxylamine groups is 2. The summed E-state index contributed by atoms with van der Waals surface area (Å²) in [6.45, 7) is 8.62. The number of hydrogen-bond acceptors (Lipinski definition) is 6. The van der Waals surface area contributed by atoms with Gasteiger partial charge in [-0.2, -0.15) is 0 Å². The number of carbonyl (C=O) groups excluding carboxylic acids is 2. The molecule has 0 fully saturated rings. The first-order valence-electron chi connectivity index (χ1n) is 13.0. The lowest BCUT2D eigenvalue weighted by Crippen LogP contribution is -3.08. The normalized spacial score (nSPS) is 12.9. The second-order valence-electron chi connectivity index (χ2n) is 10.4. The van der Waals surface area contributed by atoms with Crippen LogP contribution in [0.2, 0.25) is 0 Å². The van der Waals surface area contributed by atoms with Gasteiger partial charge in [-0.25, -0.2) is 0 Å². The molecular formula is C30H38N4O5. The molecule has 0 saturated heterocycles. The lowest BCUT2D eigenvalue weighted by Gasteiger charge is -2.29. The molecule has 0 aliphatic heterocycles. The van der Waals surface area contributed by atoms with Crippen LogP contribution < -0.4 is 20.4 Å². The van der Waals surface area contributed by atoms with E-state index in [0.29, 0.717) is 36.6 Å². The highest BCUT2D eigenvalue weighted by atomic mass is 16.6. The largest absolute Gasteiger partial charge is 0.633 e. The van der Waals surface area contributed by atoms with Crippen molar-refractivity contribution in [1.29, 1.82) is 0 Å². The van der Waals surface area contributed by atoms with Crippen molar-refractivity contribution in [3.63, 3.8) is 0 Å². The highest BCUT2D eigenvalue weighted by Gasteiger charge is 2.16. The molecule has 9 nitrogen and oxygen atoms in total. The van der Waals surface area contributed by atoms with Crippen LogP contribution in [0.5, 0.6) is 11.5 Å². The summed E-state index contributed by atoms with van der Waals surface area (Å²) in [5.74, 6) is 0.648. The molecule has 2 aromatic carbocycles. The fourth-order valence-electron chi connectivity index (χ4n) is 3.85. The van der Waals surface area contributed by atoms with Gasteiger partial charge in [0.1, 0.15) is 17.2 Å². The van der Waals surface area contributed by atoms with Gasteiger partial charge in [0, 0.05) is 37.3 Å². The molecule has 1 aromatic heterocycles. The van der Waals surface area contributed by atoms with Crippen LogP contribution in [0.4, 0.5) is 0 Å². The third-order valence-electron chi connectivity index (χ3n) is 5.94. The van der Waals surface area contributed by atoms with E-state index in [1.165, 1.54) is 6.20 Å². The van der Waals surface area contributed by atoms with Crippen molar-refractivity contribution in [1.82, 2.24) is 15.6 Å². The molecule has 3 aromatic rings. The fourth-order valence-corrected chi connectivity index (χ4v) is 3.85. The minimum Gasteiger partial charge on any atom is -0.633 e. The average molecular weight is 535 g/mol. The number of quaternary nitrogens is 1. The third kappa shape index (κ3) is 9.79. The number of amides is 2. The van der Waals surface area contributed by atoms with Gasteiger partial charge in [-0.15, -0.1) is 0 Å². The maximum Gasteiger partial charge on any atom is 0.269 e. The molecule has 0 spiro atoms. The third-order valence-corrected chi connectivity index (χ3v) is 5.94. The molecule has 0 saturated carbocycles. The van der Waals surface area contributed by atoms with Gasteiger partial charge in [-0.05, 0) is 68.7 Å². The summed E-state index contributed by atoms with van der Waals surface area (Å²) < 4.78 is 11.5. The zero-order valence-corrected chi connectivity index (χ0v) is 23.2. The minimum absolute atomic E-state index is 0.0237. The van der Waals surface area contributed by atoms with Crippen molar-refractivity contribution < 1.29 is 24.1 Å². The molecule has 2 amide bonds. The molecule has 39 heavy (non-hydrogen) atoms. The Bertz CT molecular complexity index is 1260. The minimum atomic E-state index is -0.358. The fraction of sp³-hybridized carbons (Fsp3) is 0.367. The van der Waals surface area contributed by atoms with E-state index >= 15 is 0 Å². The number of nitrogens with one attached hydrogen (secondary N) is 3. The monoisotopic (exact) mass is 534 g/mol. The lowest BCUT2D eigenvalue weighted by atomic mass is 9.98. The maximum atomic E-state index is 12.8. The van der Waals surface area contributed by atoms with Gasteiger partial charge in [-0.1, -0.05) is 31.2 Å². The molecule has 0 aliphatic carbocycles. The molecule has 2 atom stereocenters. The Morgan fingerprint density at radius 3 is 2.51 bits per heavy atom. The first-order chi connectivity index (χ1) is 18.5. The van der Waals surface area contributed by atoms with Crippen molar-refractivity contribution >= 4 is 11.8 Å². The van der Waals surface area contributed by atoms with E-state index in [2.05, 4.69) is 15.6 Å². The number of pyridine rings is 1. The van der Waals surface area contributed by atoms with Crippen LogP contribution in [0.25, 0.3) is 0 Å². The number of hydrogen-bond donors (Lipinski definition) is 3. The van der Waals surface area contributed by atoms with Crippen LogP contribution in [0.15, 0.2) is 66.9 Å². The highest BCUT2D eigenvalue weighted by Crippen LogP contribution is 2.23. The number of rotatable bonds is 12. The van der Waals surface area contributed by atoms with Crippen molar-refractivity contribution in [3.8, 4) is 11.5 Å². The zero-order valence-electron chi connectivity index (χ0n) is 23.2. The van der Waals surface area contributed by atoms with Crippen molar-refractivity contribution in [2.75, 3.05) is 26.9 Å². The maximum absolute atomic E-state index is 12.8. The summed E-state index contributed by atoms with van der Waals surface area (Å²) in [5.41, 5.74) is 2.40. The van der Waals surface area contributed by atoms with Crippen molar-refractivity contribution in [2.45, 2.75) is 45.6 Å². The number of benzene rings is 2. The van der Waals surface area contributed by atoms with E-state index in [1.807, 2.05) is 70.2 Å². The summed E-state index contributed by atoms with van der Waals surface area (Å²) in [6.07, 6.45) is 2.13. The predicted octanol–water partition coefficient (Wildman–Crippen LogP) is 3.46. The average Bonchev–Trinajstić information content (AvgIpc) is 2.91. The van der Waals surface area contributed by atoms with E-state index in [1.54, 1.807) is 25.2 Å².